The number of ether oxygens (including phenoxy) is 3. The van der Waals surface area contributed by atoms with Crippen molar-refractivity contribution in [2.24, 2.45) is 17.8 Å². The monoisotopic (exact) mass is 572 g/mol. The lowest BCUT2D eigenvalue weighted by molar-refractivity contribution is -0.155. The van der Waals surface area contributed by atoms with Crippen LogP contribution in [0, 0.1) is 38.5 Å². The lowest BCUT2D eigenvalue weighted by Gasteiger charge is -2.38. The first-order valence-corrected chi connectivity index (χ1v) is 16.8. The van der Waals surface area contributed by atoms with Crippen LogP contribution in [-0.2, 0) is 16.0 Å². The fourth-order valence-electron chi connectivity index (χ4n) is 6.26. The molecule has 2 rings (SSSR count). The van der Waals surface area contributed by atoms with Crippen LogP contribution in [0.1, 0.15) is 155 Å². The molecule has 1 aromatic rings. The van der Waals surface area contributed by atoms with E-state index in [-0.39, 0.29) is 11.6 Å². The molecule has 0 radical (unpaired) electrons. The van der Waals surface area contributed by atoms with Gasteiger partial charge in [0.25, 0.3) is 0 Å². The van der Waals surface area contributed by atoms with Gasteiger partial charge >= 0.3 is 5.97 Å². The van der Waals surface area contributed by atoms with Gasteiger partial charge in [0.05, 0.1) is 6.61 Å². The van der Waals surface area contributed by atoms with Gasteiger partial charge in [-0.25, -0.2) is 0 Å². The lowest BCUT2D eigenvalue weighted by atomic mass is 9.83. The number of hydrogen-bond donors (Lipinski definition) is 0. The number of esters is 1. The fraction of sp³-hybridized carbons (Fsp3) is 0.811. The van der Waals surface area contributed by atoms with Crippen molar-refractivity contribution in [3.05, 3.63) is 22.3 Å². The summed E-state index contributed by atoms with van der Waals surface area (Å²) in [6.45, 7) is 24.5. The van der Waals surface area contributed by atoms with Gasteiger partial charge in [-0.3, -0.25) is 4.79 Å². The van der Waals surface area contributed by atoms with Crippen LogP contribution in [0.3, 0.4) is 0 Å². The zero-order valence-corrected chi connectivity index (χ0v) is 28.8. The Kier molecular flexibility index (Phi) is 14.0. The Balaban J connectivity index is 1.83. The predicted molar refractivity (Wildman–Crippen MR) is 173 cm³/mol. The van der Waals surface area contributed by atoms with Gasteiger partial charge < -0.3 is 14.2 Å². The maximum Gasteiger partial charge on any atom is 0.306 e. The first-order valence-electron chi connectivity index (χ1n) is 16.8. The molecule has 4 heteroatoms. The van der Waals surface area contributed by atoms with E-state index < -0.39 is 5.60 Å². The molecule has 0 fully saturated rings. The highest BCUT2D eigenvalue weighted by atomic mass is 16.6. The van der Waals surface area contributed by atoms with E-state index in [1.54, 1.807) is 0 Å². The van der Waals surface area contributed by atoms with Crippen LogP contribution in [-0.4, -0.2) is 23.8 Å². The van der Waals surface area contributed by atoms with Crippen molar-refractivity contribution in [1.82, 2.24) is 0 Å². The molecule has 0 spiro atoms. The van der Waals surface area contributed by atoms with E-state index in [1.165, 1.54) is 68.1 Å². The van der Waals surface area contributed by atoms with E-state index in [0.717, 1.165) is 54.1 Å². The van der Waals surface area contributed by atoms with Crippen molar-refractivity contribution in [3.8, 4) is 11.5 Å². The molecule has 4 nitrogen and oxygen atoms in total. The molecule has 1 aromatic carbocycles. The normalized spacial score (nSPS) is 18.5. The molecule has 236 valence electrons. The standard InChI is InChI=1S/C37H64O4/c1-26(2)16-12-17-27(3)18-13-19-28(4)20-14-23-37(11)24-22-32-31(7)34(29(5)30(6)35(32)41-37)39-25-15-21-33(38)40-36(8,9)10/h26-28H,12-25H2,1-11H3/t27-,28?,37?/m1/s1. The zero-order valence-electron chi connectivity index (χ0n) is 28.8. The summed E-state index contributed by atoms with van der Waals surface area (Å²) in [5.74, 6) is 4.37. The third-order valence-electron chi connectivity index (χ3n) is 9.03. The third-order valence-corrected chi connectivity index (χ3v) is 9.03. The van der Waals surface area contributed by atoms with E-state index in [9.17, 15) is 4.79 Å². The molecule has 0 saturated carbocycles. The molecule has 0 amide bonds. The van der Waals surface area contributed by atoms with Crippen LogP contribution in [0.15, 0.2) is 0 Å². The second kappa shape index (κ2) is 16.2. The molecule has 0 bridgehead atoms. The molecular formula is C37H64O4. The largest absolute Gasteiger partial charge is 0.493 e. The molecule has 41 heavy (non-hydrogen) atoms. The van der Waals surface area contributed by atoms with Crippen LogP contribution in [0.2, 0.25) is 0 Å². The van der Waals surface area contributed by atoms with Gasteiger partial charge in [-0.1, -0.05) is 72.6 Å². The summed E-state index contributed by atoms with van der Waals surface area (Å²) in [6.07, 6.45) is 15.0. The van der Waals surface area contributed by atoms with Crippen molar-refractivity contribution in [1.29, 1.82) is 0 Å². The lowest BCUT2D eigenvalue weighted by Crippen LogP contribution is -2.37. The highest BCUT2D eigenvalue weighted by molar-refractivity contribution is 5.69. The summed E-state index contributed by atoms with van der Waals surface area (Å²) < 4.78 is 18.5. The van der Waals surface area contributed by atoms with Crippen LogP contribution in [0.4, 0.5) is 0 Å². The van der Waals surface area contributed by atoms with Gasteiger partial charge in [0.2, 0.25) is 0 Å². The minimum Gasteiger partial charge on any atom is -0.493 e. The van der Waals surface area contributed by atoms with Crippen molar-refractivity contribution in [3.63, 3.8) is 0 Å². The number of benzene rings is 1. The maximum absolute atomic E-state index is 12.0. The van der Waals surface area contributed by atoms with E-state index in [4.69, 9.17) is 14.2 Å². The number of carbonyl (C=O) groups excluding carboxylic acids is 1. The van der Waals surface area contributed by atoms with Crippen molar-refractivity contribution in [2.45, 2.75) is 171 Å². The Labute approximate surface area is 253 Å². The smallest absolute Gasteiger partial charge is 0.306 e. The average Bonchev–Trinajstić information content (AvgIpc) is 2.85. The van der Waals surface area contributed by atoms with E-state index >= 15 is 0 Å². The maximum atomic E-state index is 12.0. The molecule has 1 aliphatic heterocycles. The Bertz CT molecular complexity index is 957. The van der Waals surface area contributed by atoms with Crippen LogP contribution in [0.25, 0.3) is 0 Å². The molecule has 1 heterocycles. The molecule has 3 atom stereocenters. The van der Waals surface area contributed by atoms with Crippen molar-refractivity contribution >= 4 is 5.97 Å². The summed E-state index contributed by atoms with van der Waals surface area (Å²) in [5, 5.41) is 0. The highest BCUT2D eigenvalue weighted by Crippen LogP contribution is 2.45. The summed E-state index contributed by atoms with van der Waals surface area (Å²) in [5.41, 5.74) is 4.28. The minimum absolute atomic E-state index is 0.100. The SMILES string of the molecule is Cc1c(C)c2c(c(C)c1OCCCC(=O)OC(C)(C)C)CCC(C)(CCCC(C)CCC[C@H](C)CCCC(C)C)O2. The van der Waals surface area contributed by atoms with Gasteiger partial charge in [-0.15, -0.1) is 0 Å². The minimum atomic E-state index is -0.446. The Hall–Kier alpha value is -1.71. The quantitative estimate of drug-likeness (QED) is 0.138. The number of fused-ring (bicyclic) bond motifs is 1. The summed E-state index contributed by atoms with van der Waals surface area (Å²) >= 11 is 0. The Morgan fingerprint density at radius 3 is 2.02 bits per heavy atom. The topological polar surface area (TPSA) is 44.8 Å². The molecule has 0 saturated heterocycles. The van der Waals surface area contributed by atoms with Crippen LogP contribution in [0.5, 0.6) is 11.5 Å². The molecular weight excluding hydrogens is 508 g/mol. The third kappa shape index (κ3) is 12.2. The highest BCUT2D eigenvalue weighted by Gasteiger charge is 2.34. The van der Waals surface area contributed by atoms with Gasteiger partial charge in [-0.2, -0.15) is 0 Å². The predicted octanol–water partition coefficient (Wildman–Crippen LogP) is 10.6. The van der Waals surface area contributed by atoms with E-state index in [0.29, 0.717) is 19.4 Å². The molecule has 0 N–H and O–H groups in total. The molecule has 0 aromatic heterocycles. The summed E-state index contributed by atoms with van der Waals surface area (Å²) in [7, 11) is 0. The second-order valence-corrected chi connectivity index (χ2v) is 15.0. The van der Waals surface area contributed by atoms with Gasteiger partial charge in [0.15, 0.2) is 0 Å². The Morgan fingerprint density at radius 1 is 0.854 bits per heavy atom. The van der Waals surface area contributed by atoms with Crippen molar-refractivity contribution < 1.29 is 19.0 Å². The Morgan fingerprint density at radius 2 is 1.44 bits per heavy atom. The molecule has 1 aliphatic rings. The van der Waals surface area contributed by atoms with Gasteiger partial charge in [0.1, 0.15) is 22.7 Å². The fourth-order valence-corrected chi connectivity index (χ4v) is 6.26. The summed E-state index contributed by atoms with van der Waals surface area (Å²) in [6, 6.07) is 0. The van der Waals surface area contributed by atoms with E-state index in [2.05, 4.69) is 55.4 Å². The average molecular weight is 573 g/mol. The first-order chi connectivity index (χ1) is 19.1. The zero-order chi connectivity index (χ0) is 30.8. The molecule has 0 aliphatic carbocycles. The van der Waals surface area contributed by atoms with Gasteiger partial charge in [0, 0.05) is 12.0 Å². The number of hydrogen-bond acceptors (Lipinski definition) is 4. The second-order valence-electron chi connectivity index (χ2n) is 15.0. The number of carbonyl (C=O) groups is 1. The first kappa shape index (κ1) is 35.5. The van der Waals surface area contributed by atoms with Crippen LogP contribution < -0.4 is 9.47 Å². The van der Waals surface area contributed by atoms with Crippen LogP contribution >= 0.6 is 0 Å². The number of rotatable bonds is 17. The molecule has 2 unspecified atom stereocenters. The van der Waals surface area contributed by atoms with Gasteiger partial charge in [-0.05, 0) is 115 Å². The van der Waals surface area contributed by atoms with E-state index in [1.807, 2.05) is 20.8 Å². The summed E-state index contributed by atoms with van der Waals surface area (Å²) in [4.78, 5) is 12.0. The van der Waals surface area contributed by atoms with Crippen molar-refractivity contribution in [2.75, 3.05) is 6.61 Å².